The van der Waals surface area contributed by atoms with E-state index in [0.717, 1.165) is 33.7 Å². The van der Waals surface area contributed by atoms with E-state index in [2.05, 4.69) is 72.7 Å². The molecule has 0 spiro atoms. The lowest BCUT2D eigenvalue weighted by Gasteiger charge is -2.12. The van der Waals surface area contributed by atoms with Crippen molar-refractivity contribution < 1.29 is 0 Å². The Morgan fingerprint density at radius 1 is 1.15 bits per heavy atom. The fourth-order valence-electron chi connectivity index (χ4n) is 2.39. The maximum absolute atomic E-state index is 4.70. The third-order valence-corrected chi connectivity index (χ3v) is 3.98. The Balaban J connectivity index is 2.48. The predicted molar refractivity (Wildman–Crippen MR) is 93.2 cm³/mol. The minimum absolute atomic E-state index is 0.805. The van der Waals surface area contributed by atoms with Crippen molar-refractivity contribution in [3.8, 4) is 11.4 Å². The molecule has 0 saturated heterocycles. The summed E-state index contributed by atoms with van der Waals surface area (Å²) < 4.78 is 1.06. The number of anilines is 1. The molecule has 0 atom stereocenters. The van der Waals surface area contributed by atoms with Crippen LogP contribution in [0.5, 0.6) is 0 Å². The van der Waals surface area contributed by atoms with E-state index >= 15 is 0 Å². The molecule has 0 radical (unpaired) electrons. The van der Waals surface area contributed by atoms with Crippen LogP contribution in [0.15, 0.2) is 18.3 Å². The highest BCUT2D eigenvalue weighted by atomic mass is 127. The molecule has 0 aliphatic carbocycles. The highest BCUT2D eigenvalue weighted by Gasteiger charge is 2.11. The first kappa shape index (κ1) is 15.2. The Hall–Kier alpha value is -1.17. The second kappa shape index (κ2) is 6.52. The fourth-order valence-corrected chi connectivity index (χ4v) is 2.84. The zero-order chi connectivity index (χ0) is 14.7. The zero-order valence-electron chi connectivity index (χ0n) is 12.4. The van der Waals surface area contributed by atoms with Gasteiger partial charge in [0.1, 0.15) is 5.82 Å². The van der Waals surface area contributed by atoms with Crippen molar-refractivity contribution >= 4 is 28.4 Å². The van der Waals surface area contributed by atoms with Gasteiger partial charge >= 0.3 is 0 Å². The van der Waals surface area contributed by atoms with Gasteiger partial charge in [-0.25, -0.2) is 9.97 Å². The molecule has 2 aromatic rings. The third-order valence-electron chi connectivity index (χ3n) is 3.19. The summed E-state index contributed by atoms with van der Waals surface area (Å²) in [6.45, 7) is 9.44. The SMILES string of the molecule is CCCNc1nc(-c2c(C)cc(C)cc2C)ncc1I. The molecule has 1 aromatic heterocycles. The Morgan fingerprint density at radius 3 is 2.40 bits per heavy atom. The summed E-state index contributed by atoms with van der Waals surface area (Å²) in [4.78, 5) is 9.21. The number of hydrogen-bond acceptors (Lipinski definition) is 3. The van der Waals surface area contributed by atoms with Gasteiger partial charge in [-0.05, 0) is 60.9 Å². The topological polar surface area (TPSA) is 37.8 Å². The van der Waals surface area contributed by atoms with E-state index in [1.165, 1.54) is 16.7 Å². The summed E-state index contributed by atoms with van der Waals surface area (Å²) in [6, 6.07) is 4.37. The first-order valence-electron chi connectivity index (χ1n) is 6.87. The minimum atomic E-state index is 0.805. The number of rotatable bonds is 4. The second-order valence-electron chi connectivity index (χ2n) is 5.09. The number of aryl methyl sites for hydroxylation is 3. The molecule has 1 aromatic carbocycles. The van der Waals surface area contributed by atoms with E-state index in [9.17, 15) is 0 Å². The summed E-state index contributed by atoms with van der Waals surface area (Å²) in [5.74, 6) is 1.73. The summed E-state index contributed by atoms with van der Waals surface area (Å²) >= 11 is 2.27. The Kier molecular flexibility index (Phi) is 4.96. The van der Waals surface area contributed by atoms with Crippen LogP contribution >= 0.6 is 22.6 Å². The van der Waals surface area contributed by atoms with Crippen LogP contribution in [-0.4, -0.2) is 16.5 Å². The van der Waals surface area contributed by atoms with Crippen LogP contribution in [-0.2, 0) is 0 Å². The molecule has 0 unspecified atom stereocenters. The summed E-state index contributed by atoms with van der Waals surface area (Å²) in [6.07, 6.45) is 2.97. The van der Waals surface area contributed by atoms with Crippen molar-refractivity contribution in [2.45, 2.75) is 34.1 Å². The highest BCUT2D eigenvalue weighted by molar-refractivity contribution is 14.1. The van der Waals surface area contributed by atoms with Gasteiger partial charge in [0, 0.05) is 18.3 Å². The summed E-state index contributed by atoms with van der Waals surface area (Å²) in [5.41, 5.74) is 4.88. The van der Waals surface area contributed by atoms with Crippen molar-refractivity contribution in [2.24, 2.45) is 0 Å². The summed E-state index contributed by atoms with van der Waals surface area (Å²) in [7, 11) is 0. The third kappa shape index (κ3) is 3.29. The van der Waals surface area contributed by atoms with E-state index in [1.54, 1.807) is 0 Å². The van der Waals surface area contributed by atoms with Gasteiger partial charge in [0.25, 0.3) is 0 Å². The molecule has 2 rings (SSSR count). The highest BCUT2D eigenvalue weighted by Crippen LogP contribution is 2.27. The first-order chi connectivity index (χ1) is 9.52. The molecule has 0 saturated carbocycles. The van der Waals surface area contributed by atoms with E-state index in [-0.39, 0.29) is 0 Å². The van der Waals surface area contributed by atoms with Crippen molar-refractivity contribution in [1.82, 2.24) is 9.97 Å². The fraction of sp³-hybridized carbons (Fsp3) is 0.375. The largest absolute Gasteiger partial charge is 0.369 e. The van der Waals surface area contributed by atoms with Gasteiger partial charge in [-0.2, -0.15) is 0 Å². The average molecular weight is 381 g/mol. The lowest BCUT2D eigenvalue weighted by atomic mass is 9.99. The molecule has 106 valence electrons. The quantitative estimate of drug-likeness (QED) is 0.793. The van der Waals surface area contributed by atoms with Crippen molar-refractivity contribution in [3.05, 3.63) is 38.6 Å². The standard InChI is InChI=1S/C16H20IN3/c1-5-6-18-15-13(17)9-19-16(20-15)14-11(3)7-10(2)8-12(14)4/h7-9H,5-6H2,1-4H3,(H,18,19,20). The monoisotopic (exact) mass is 381 g/mol. The smallest absolute Gasteiger partial charge is 0.162 e. The van der Waals surface area contributed by atoms with Crippen molar-refractivity contribution in [2.75, 3.05) is 11.9 Å². The predicted octanol–water partition coefficient (Wildman–Crippen LogP) is 4.50. The van der Waals surface area contributed by atoms with E-state index in [4.69, 9.17) is 4.98 Å². The van der Waals surface area contributed by atoms with E-state index in [0.29, 0.717) is 0 Å². The number of nitrogens with zero attached hydrogens (tertiary/aromatic N) is 2. The molecule has 0 bridgehead atoms. The van der Waals surface area contributed by atoms with Crippen molar-refractivity contribution in [1.29, 1.82) is 0 Å². The van der Waals surface area contributed by atoms with E-state index in [1.807, 2.05) is 6.20 Å². The maximum atomic E-state index is 4.70. The lowest BCUT2D eigenvalue weighted by Crippen LogP contribution is -2.06. The molecule has 1 N–H and O–H groups in total. The van der Waals surface area contributed by atoms with Gasteiger partial charge in [0.2, 0.25) is 0 Å². The van der Waals surface area contributed by atoms with Crippen LogP contribution in [0.3, 0.4) is 0 Å². The molecular weight excluding hydrogens is 361 g/mol. The van der Waals surface area contributed by atoms with Crippen LogP contribution in [0, 0.1) is 24.3 Å². The molecule has 0 aliphatic rings. The molecule has 0 fully saturated rings. The average Bonchev–Trinajstić information content (AvgIpc) is 2.38. The van der Waals surface area contributed by atoms with Crippen LogP contribution in [0.1, 0.15) is 30.0 Å². The molecule has 3 nitrogen and oxygen atoms in total. The minimum Gasteiger partial charge on any atom is -0.369 e. The number of hydrogen-bond donors (Lipinski definition) is 1. The van der Waals surface area contributed by atoms with Gasteiger partial charge in [-0.15, -0.1) is 0 Å². The maximum Gasteiger partial charge on any atom is 0.162 e. The Labute approximate surface area is 134 Å². The normalized spacial score (nSPS) is 10.7. The van der Waals surface area contributed by atoms with Gasteiger partial charge < -0.3 is 5.32 Å². The Morgan fingerprint density at radius 2 is 1.80 bits per heavy atom. The van der Waals surface area contributed by atoms with Gasteiger partial charge in [-0.3, -0.25) is 0 Å². The number of aromatic nitrogens is 2. The van der Waals surface area contributed by atoms with Crippen LogP contribution in [0.25, 0.3) is 11.4 Å². The molecule has 0 amide bonds. The number of halogens is 1. The Bertz CT molecular complexity index is 600. The van der Waals surface area contributed by atoms with Gasteiger partial charge in [0.15, 0.2) is 5.82 Å². The van der Waals surface area contributed by atoms with Gasteiger partial charge in [-0.1, -0.05) is 24.6 Å². The van der Waals surface area contributed by atoms with Crippen LogP contribution < -0.4 is 5.32 Å². The lowest BCUT2D eigenvalue weighted by molar-refractivity contribution is 0.962. The first-order valence-corrected chi connectivity index (χ1v) is 7.95. The van der Waals surface area contributed by atoms with Crippen LogP contribution in [0.2, 0.25) is 0 Å². The van der Waals surface area contributed by atoms with Gasteiger partial charge in [0.05, 0.1) is 3.57 Å². The molecular formula is C16H20IN3. The summed E-state index contributed by atoms with van der Waals surface area (Å²) in [5, 5.41) is 3.36. The molecule has 4 heteroatoms. The zero-order valence-corrected chi connectivity index (χ0v) is 14.6. The molecule has 20 heavy (non-hydrogen) atoms. The van der Waals surface area contributed by atoms with Crippen molar-refractivity contribution in [3.63, 3.8) is 0 Å². The van der Waals surface area contributed by atoms with E-state index < -0.39 is 0 Å². The number of nitrogens with one attached hydrogen (secondary N) is 1. The van der Waals surface area contributed by atoms with Crippen LogP contribution in [0.4, 0.5) is 5.82 Å². The molecule has 0 aliphatic heterocycles. The second-order valence-corrected chi connectivity index (χ2v) is 6.25. The molecule has 1 heterocycles. The number of benzene rings is 1.